The Morgan fingerprint density at radius 3 is 2.30 bits per heavy atom. The van der Waals surface area contributed by atoms with Crippen molar-refractivity contribution in [3.63, 3.8) is 0 Å². The maximum Gasteiger partial charge on any atom is 0.310 e. The zero-order chi connectivity index (χ0) is 33.0. The summed E-state index contributed by atoms with van der Waals surface area (Å²) in [4.78, 5) is 67.9. The Balaban J connectivity index is 1.38. The largest absolute Gasteiger partial charge is 0.433 e. The highest BCUT2D eigenvalue weighted by Crippen LogP contribution is 2.33. The molecule has 0 spiro atoms. The van der Waals surface area contributed by atoms with E-state index in [1.807, 2.05) is 30.3 Å². The number of nitrogen functional groups attached to an aromatic ring is 1. The number of halogens is 2. The summed E-state index contributed by atoms with van der Waals surface area (Å²) in [6.07, 6.45) is -1.22. The molecule has 0 aliphatic carbocycles. The molecule has 46 heavy (non-hydrogen) atoms. The molecule has 5 N–H and O–H groups in total. The number of fused-ring (bicyclic) bond motifs is 1. The van der Waals surface area contributed by atoms with Crippen molar-refractivity contribution >= 4 is 69.9 Å². The topological polar surface area (TPSA) is 181 Å². The standard InChI is InChI=1S/C31H29Cl2N5O8/c32-19-10-18(11-20(33)28(19)34)29(43)36-22-13-37(26(41)15-39)23-8-4-5-9-24(23)38(30(22)44)14-25(40)35-21-12-27(42)46-31(21)45-16-17-6-2-1-3-7-17/h1-11,21-22,31,39H,12-16,34H2,(H,35,40)(H,36,43)/t21-,22-,31+/m0/s1. The Hall–Kier alpha value is -4.69. The number of para-hydroxylation sites is 2. The molecule has 1 saturated heterocycles. The summed E-state index contributed by atoms with van der Waals surface area (Å²) in [6.45, 7) is -1.68. The van der Waals surface area contributed by atoms with E-state index in [1.165, 1.54) is 18.2 Å². The normalized spacial score (nSPS) is 19.2. The van der Waals surface area contributed by atoms with E-state index in [4.69, 9.17) is 38.4 Å². The summed E-state index contributed by atoms with van der Waals surface area (Å²) in [6, 6.07) is 15.8. The van der Waals surface area contributed by atoms with Gasteiger partial charge in [0.05, 0.1) is 46.7 Å². The Morgan fingerprint density at radius 2 is 1.63 bits per heavy atom. The lowest BCUT2D eigenvalue weighted by molar-refractivity contribution is -0.168. The summed E-state index contributed by atoms with van der Waals surface area (Å²) in [5.41, 5.74) is 7.08. The molecule has 3 atom stereocenters. The number of nitrogens with two attached hydrogens (primary N) is 1. The number of aliphatic hydroxyl groups is 1. The Bertz CT molecular complexity index is 1650. The van der Waals surface area contributed by atoms with Gasteiger partial charge in [0.15, 0.2) is 0 Å². The summed E-state index contributed by atoms with van der Waals surface area (Å²) >= 11 is 12.2. The molecule has 4 amide bonds. The molecule has 2 heterocycles. The first kappa shape index (κ1) is 32.7. The summed E-state index contributed by atoms with van der Waals surface area (Å²) in [7, 11) is 0. The third-order valence-corrected chi connectivity index (χ3v) is 7.97. The van der Waals surface area contributed by atoms with Crippen molar-refractivity contribution in [1.29, 1.82) is 0 Å². The number of cyclic esters (lactones) is 1. The second-order valence-corrected chi connectivity index (χ2v) is 11.3. The number of esters is 1. The fourth-order valence-electron chi connectivity index (χ4n) is 5.09. The second-order valence-electron chi connectivity index (χ2n) is 10.5. The molecular weight excluding hydrogens is 641 g/mol. The van der Waals surface area contributed by atoms with E-state index in [0.29, 0.717) is 0 Å². The third kappa shape index (κ3) is 7.23. The van der Waals surface area contributed by atoms with Crippen LogP contribution >= 0.6 is 23.2 Å². The number of ether oxygens (including phenoxy) is 2. The van der Waals surface area contributed by atoms with Crippen molar-refractivity contribution in [3.8, 4) is 0 Å². The molecule has 240 valence electrons. The van der Waals surface area contributed by atoms with Crippen LogP contribution in [0, 0.1) is 0 Å². The Labute approximate surface area is 273 Å². The molecule has 5 rings (SSSR count). The van der Waals surface area contributed by atoms with Gasteiger partial charge in [-0.25, -0.2) is 0 Å². The van der Waals surface area contributed by atoms with E-state index in [2.05, 4.69) is 10.6 Å². The van der Waals surface area contributed by atoms with E-state index >= 15 is 0 Å². The predicted molar refractivity (Wildman–Crippen MR) is 168 cm³/mol. The van der Waals surface area contributed by atoms with Gasteiger partial charge in [-0.15, -0.1) is 0 Å². The highest BCUT2D eigenvalue weighted by molar-refractivity contribution is 6.39. The first-order valence-electron chi connectivity index (χ1n) is 14.1. The van der Waals surface area contributed by atoms with Crippen molar-refractivity contribution in [3.05, 3.63) is 87.9 Å². The number of rotatable bonds is 9. The molecule has 13 nitrogen and oxygen atoms in total. The number of hydrogen-bond acceptors (Lipinski definition) is 9. The average molecular weight is 671 g/mol. The lowest BCUT2D eigenvalue weighted by atomic mass is 10.1. The molecule has 3 aromatic rings. The van der Waals surface area contributed by atoms with E-state index in [-0.39, 0.29) is 52.2 Å². The summed E-state index contributed by atoms with van der Waals surface area (Å²) < 4.78 is 11.0. The molecule has 0 aromatic heterocycles. The minimum atomic E-state index is -1.38. The molecule has 0 radical (unpaired) electrons. The molecule has 3 aromatic carbocycles. The van der Waals surface area contributed by atoms with Gasteiger partial charge in [0.1, 0.15) is 25.2 Å². The van der Waals surface area contributed by atoms with Crippen LogP contribution in [0.5, 0.6) is 0 Å². The van der Waals surface area contributed by atoms with Crippen molar-refractivity contribution in [2.75, 3.05) is 35.2 Å². The fourth-order valence-corrected chi connectivity index (χ4v) is 5.58. The van der Waals surface area contributed by atoms with Crippen LogP contribution in [0.3, 0.4) is 0 Å². The van der Waals surface area contributed by atoms with Gasteiger partial charge in [0, 0.05) is 5.56 Å². The van der Waals surface area contributed by atoms with Crippen LogP contribution in [0.25, 0.3) is 0 Å². The Morgan fingerprint density at radius 1 is 0.978 bits per heavy atom. The van der Waals surface area contributed by atoms with Crippen LogP contribution in [0.2, 0.25) is 10.0 Å². The molecule has 0 bridgehead atoms. The fraction of sp³-hybridized carbons (Fsp3) is 0.258. The maximum atomic E-state index is 14.0. The van der Waals surface area contributed by atoms with Crippen molar-refractivity contribution in [2.45, 2.75) is 31.4 Å². The highest BCUT2D eigenvalue weighted by atomic mass is 35.5. The quantitative estimate of drug-likeness (QED) is 0.196. The van der Waals surface area contributed by atoms with Gasteiger partial charge in [-0.1, -0.05) is 65.7 Å². The van der Waals surface area contributed by atoms with Gasteiger partial charge in [-0.05, 0) is 29.8 Å². The minimum absolute atomic E-state index is 0.00414. The number of aliphatic hydroxyl groups excluding tert-OH is 1. The number of benzene rings is 3. The minimum Gasteiger partial charge on any atom is -0.433 e. The molecule has 1 fully saturated rings. The lowest BCUT2D eigenvalue weighted by Crippen LogP contribution is -2.55. The zero-order valence-electron chi connectivity index (χ0n) is 24.2. The maximum absolute atomic E-state index is 14.0. The number of hydrogen-bond donors (Lipinski definition) is 4. The predicted octanol–water partition coefficient (Wildman–Crippen LogP) is 2.02. The smallest absolute Gasteiger partial charge is 0.310 e. The SMILES string of the molecule is Nc1c(Cl)cc(C(=O)N[C@H]2CN(C(=O)CO)c3ccccc3N(CC(=O)N[C@H]3CC(=O)O[C@H]3OCc3ccccc3)C2=O)cc1Cl. The van der Waals surface area contributed by atoms with Gasteiger partial charge in [-0.2, -0.15) is 0 Å². The van der Waals surface area contributed by atoms with E-state index in [0.717, 1.165) is 15.4 Å². The molecule has 2 aliphatic heterocycles. The van der Waals surface area contributed by atoms with Gasteiger partial charge in [-0.3, -0.25) is 28.9 Å². The summed E-state index contributed by atoms with van der Waals surface area (Å²) in [5.74, 6) is -3.46. The van der Waals surface area contributed by atoms with Crippen molar-refractivity contribution in [1.82, 2.24) is 10.6 Å². The van der Waals surface area contributed by atoms with Crippen molar-refractivity contribution < 1.29 is 38.6 Å². The van der Waals surface area contributed by atoms with Gasteiger partial charge in [0.25, 0.3) is 17.7 Å². The number of nitrogens with zero attached hydrogens (tertiary/aromatic N) is 2. The monoisotopic (exact) mass is 669 g/mol. The number of nitrogens with one attached hydrogen (secondary N) is 2. The van der Waals surface area contributed by atoms with E-state index in [9.17, 15) is 29.1 Å². The molecule has 2 aliphatic rings. The molecule has 0 unspecified atom stereocenters. The molecule has 15 heteroatoms. The number of carbonyl (C=O) groups excluding carboxylic acids is 5. The summed E-state index contributed by atoms with van der Waals surface area (Å²) in [5, 5.41) is 15.0. The van der Waals surface area contributed by atoms with Crippen LogP contribution in [0.1, 0.15) is 22.3 Å². The first-order valence-corrected chi connectivity index (χ1v) is 14.8. The van der Waals surface area contributed by atoms with Gasteiger partial charge >= 0.3 is 5.97 Å². The third-order valence-electron chi connectivity index (χ3n) is 7.34. The number of amides is 4. The number of anilines is 3. The lowest BCUT2D eigenvalue weighted by Gasteiger charge is -2.26. The Kier molecular flexibility index (Phi) is 10.1. The molecule has 0 saturated carbocycles. The van der Waals surface area contributed by atoms with Gasteiger partial charge in [0.2, 0.25) is 12.2 Å². The molecular formula is C31H29Cl2N5O8. The van der Waals surface area contributed by atoms with Crippen LogP contribution in [-0.4, -0.2) is 72.8 Å². The van der Waals surface area contributed by atoms with Crippen LogP contribution in [0.15, 0.2) is 66.7 Å². The average Bonchev–Trinajstić information content (AvgIpc) is 3.35. The second kappa shape index (κ2) is 14.2. The zero-order valence-corrected chi connectivity index (χ0v) is 25.7. The van der Waals surface area contributed by atoms with Crippen LogP contribution in [-0.2, 0) is 35.3 Å². The van der Waals surface area contributed by atoms with Gasteiger partial charge < -0.3 is 35.8 Å². The van der Waals surface area contributed by atoms with Crippen LogP contribution < -0.4 is 26.2 Å². The number of carbonyl (C=O) groups is 5. The first-order chi connectivity index (χ1) is 22.0. The van der Waals surface area contributed by atoms with E-state index in [1.54, 1.807) is 18.2 Å². The van der Waals surface area contributed by atoms with Crippen molar-refractivity contribution in [2.24, 2.45) is 0 Å². The van der Waals surface area contributed by atoms with Crippen LogP contribution in [0.4, 0.5) is 17.1 Å². The highest BCUT2D eigenvalue weighted by Gasteiger charge is 2.40. The van der Waals surface area contributed by atoms with E-state index < -0.39 is 61.1 Å².